The fourth-order valence-electron chi connectivity index (χ4n) is 1.87. The maximum atomic E-state index is 11.4. The molecule has 1 amide bonds. The zero-order chi connectivity index (χ0) is 11.4. The van der Waals surface area contributed by atoms with Crippen LogP contribution >= 0.6 is 0 Å². The highest BCUT2D eigenvalue weighted by atomic mass is 16.1. The number of aromatic nitrogens is 1. The van der Waals surface area contributed by atoms with Gasteiger partial charge in [-0.2, -0.15) is 0 Å². The van der Waals surface area contributed by atoms with Gasteiger partial charge in [-0.05, 0) is 25.0 Å². The molecule has 2 N–H and O–H groups in total. The molecule has 0 aliphatic carbocycles. The van der Waals surface area contributed by atoms with Gasteiger partial charge in [-0.15, -0.1) is 0 Å². The normalized spacial score (nSPS) is 10.6. The monoisotopic (exact) mass is 216 g/mol. The van der Waals surface area contributed by atoms with Gasteiger partial charge in [0.2, 0.25) is 5.91 Å². The van der Waals surface area contributed by atoms with Gasteiger partial charge in [0.1, 0.15) is 0 Å². The molecule has 0 fully saturated rings. The molecular weight excluding hydrogens is 200 g/mol. The lowest BCUT2D eigenvalue weighted by Crippen LogP contribution is -2.22. The molecule has 1 heterocycles. The van der Waals surface area contributed by atoms with Crippen LogP contribution in [0.2, 0.25) is 0 Å². The second kappa shape index (κ2) is 4.84. The average molecular weight is 216 g/mol. The van der Waals surface area contributed by atoms with Gasteiger partial charge in [0.15, 0.2) is 0 Å². The third kappa shape index (κ3) is 2.24. The zero-order valence-corrected chi connectivity index (χ0v) is 9.42. The van der Waals surface area contributed by atoms with Gasteiger partial charge in [0.25, 0.3) is 0 Å². The molecule has 0 unspecified atom stereocenters. The summed E-state index contributed by atoms with van der Waals surface area (Å²) in [5.41, 5.74) is 2.34. The molecule has 84 valence electrons. The Kier molecular flexibility index (Phi) is 3.25. The highest BCUT2D eigenvalue weighted by molar-refractivity contribution is 5.84. The fourth-order valence-corrected chi connectivity index (χ4v) is 1.87. The smallest absolute Gasteiger partial charge is 0.220 e. The highest BCUT2D eigenvalue weighted by Gasteiger charge is 2.05. The van der Waals surface area contributed by atoms with Gasteiger partial charge >= 0.3 is 0 Å². The van der Waals surface area contributed by atoms with Crippen molar-refractivity contribution in [2.24, 2.45) is 0 Å². The molecule has 0 bridgehead atoms. The summed E-state index contributed by atoms with van der Waals surface area (Å²) in [6, 6.07) is 8.15. The molecule has 3 heteroatoms. The third-order valence-corrected chi connectivity index (χ3v) is 2.67. The number of benzene rings is 1. The van der Waals surface area contributed by atoms with Crippen LogP contribution < -0.4 is 5.32 Å². The summed E-state index contributed by atoms with van der Waals surface area (Å²) < 4.78 is 0. The van der Waals surface area contributed by atoms with Crippen LogP contribution in [-0.2, 0) is 11.2 Å². The molecular formula is C13H16N2O. The lowest BCUT2D eigenvalue weighted by molar-refractivity contribution is -0.120. The van der Waals surface area contributed by atoms with E-state index in [1.165, 1.54) is 10.9 Å². The first kappa shape index (κ1) is 10.7. The number of rotatable bonds is 4. The van der Waals surface area contributed by atoms with Crippen LogP contribution in [0.1, 0.15) is 18.9 Å². The predicted octanol–water partition coefficient (Wildman–Crippen LogP) is 2.24. The van der Waals surface area contributed by atoms with Gasteiger partial charge < -0.3 is 10.3 Å². The Hall–Kier alpha value is -1.77. The molecule has 0 saturated carbocycles. The maximum Gasteiger partial charge on any atom is 0.220 e. The number of hydrogen-bond donors (Lipinski definition) is 2. The topological polar surface area (TPSA) is 44.9 Å². The van der Waals surface area contributed by atoms with Gasteiger partial charge in [0, 0.05) is 30.1 Å². The number of nitrogens with one attached hydrogen (secondary N) is 2. The second-order valence-electron chi connectivity index (χ2n) is 3.81. The van der Waals surface area contributed by atoms with E-state index in [1.807, 2.05) is 31.3 Å². The molecule has 3 nitrogen and oxygen atoms in total. The van der Waals surface area contributed by atoms with Crippen molar-refractivity contribution in [3.63, 3.8) is 0 Å². The summed E-state index contributed by atoms with van der Waals surface area (Å²) in [7, 11) is 0. The van der Waals surface area contributed by atoms with Crippen molar-refractivity contribution in [3.8, 4) is 0 Å². The van der Waals surface area contributed by atoms with E-state index in [-0.39, 0.29) is 5.91 Å². The Morgan fingerprint density at radius 2 is 2.19 bits per heavy atom. The number of carbonyl (C=O) groups excluding carboxylic acids is 1. The highest BCUT2D eigenvalue weighted by Crippen LogP contribution is 2.18. The third-order valence-electron chi connectivity index (χ3n) is 2.67. The molecule has 2 aromatic rings. The van der Waals surface area contributed by atoms with Crippen molar-refractivity contribution in [2.45, 2.75) is 19.8 Å². The fraction of sp³-hybridized carbons (Fsp3) is 0.308. The van der Waals surface area contributed by atoms with Crippen LogP contribution in [0, 0.1) is 0 Å². The largest absolute Gasteiger partial charge is 0.361 e. The molecule has 0 aliphatic rings. The van der Waals surface area contributed by atoms with E-state index in [9.17, 15) is 4.79 Å². The Morgan fingerprint density at radius 1 is 1.38 bits per heavy atom. The molecule has 0 atom stereocenters. The first-order valence-corrected chi connectivity index (χ1v) is 5.63. The molecule has 2 rings (SSSR count). The quantitative estimate of drug-likeness (QED) is 0.808. The summed E-state index contributed by atoms with van der Waals surface area (Å²) in [4.78, 5) is 14.6. The zero-order valence-electron chi connectivity index (χ0n) is 9.42. The SMILES string of the molecule is CCNC(=O)CCc1c[nH]c2ccccc12. The first-order valence-electron chi connectivity index (χ1n) is 5.63. The van der Waals surface area contributed by atoms with Crippen molar-refractivity contribution in [3.05, 3.63) is 36.0 Å². The maximum absolute atomic E-state index is 11.4. The van der Waals surface area contributed by atoms with E-state index in [0.29, 0.717) is 13.0 Å². The number of hydrogen-bond acceptors (Lipinski definition) is 1. The van der Waals surface area contributed by atoms with Crippen molar-refractivity contribution in [1.29, 1.82) is 0 Å². The van der Waals surface area contributed by atoms with Crippen LogP contribution in [0.4, 0.5) is 0 Å². The van der Waals surface area contributed by atoms with E-state index in [2.05, 4.69) is 16.4 Å². The molecule has 0 aliphatic heterocycles. The molecule has 0 spiro atoms. The number of carbonyl (C=O) groups is 1. The van der Waals surface area contributed by atoms with Crippen LogP contribution in [0.15, 0.2) is 30.5 Å². The van der Waals surface area contributed by atoms with Crippen molar-refractivity contribution in [1.82, 2.24) is 10.3 Å². The number of aromatic amines is 1. The van der Waals surface area contributed by atoms with Crippen molar-refractivity contribution in [2.75, 3.05) is 6.54 Å². The van der Waals surface area contributed by atoms with Crippen LogP contribution in [-0.4, -0.2) is 17.4 Å². The second-order valence-corrected chi connectivity index (χ2v) is 3.81. The minimum absolute atomic E-state index is 0.118. The van der Waals surface area contributed by atoms with Crippen molar-refractivity contribution < 1.29 is 4.79 Å². The standard InChI is InChI=1S/C13H16N2O/c1-2-14-13(16)8-7-10-9-15-12-6-4-3-5-11(10)12/h3-6,9,15H,2,7-8H2,1H3,(H,14,16). The van der Waals surface area contributed by atoms with Crippen LogP contribution in [0.5, 0.6) is 0 Å². The minimum Gasteiger partial charge on any atom is -0.361 e. The van der Waals surface area contributed by atoms with E-state index in [1.54, 1.807) is 0 Å². The first-order chi connectivity index (χ1) is 7.81. The van der Waals surface area contributed by atoms with Crippen LogP contribution in [0.25, 0.3) is 10.9 Å². The summed E-state index contributed by atoms with van der Waals surface area (Å²) in [6.07, 6.45) is 3.33. The van der Waals surface area contributed by atoms with Gasteiger partial charge in [-0.3, -0.25) is 4.79 Å². The van der Waals surface area contributed by atoms with E-state index >= 15 is 0 Å². The molecule has 0 saturated heterocycles. The Labute approximate surface area is 94.9 Å². The lowest BCUT2D eigenvalue weighted by Gasteiger charge is -2.01. The van der Waals surface area contributed by atoms with Gasteiger partial charge in [-0.1, -0.05) is 18.2 Å². The Balaban J connectivity index is 2.07. The summed E-state index contributed by atoms with van der Waals surface area (Å²) in [5.74, 6) is 0.118. The Morgan fingerprint density at radius 3 is 3.00 bits per heavy atom. The number of H-pyrrole nitrogens is 1. The number of para-hydroxylation sites is 1. The summed E-state index contributed by atoms with van der Waals surface area (Å²) in [5, 5.41) is 4.02. The average Bonchev–Trinajstić information content (AvgIpc) is 2.70. The van der Waals surface area contributed by atoms with E-state index in [4.69, 9.17) is 0 Å². The van der Waals surface area contributed by atoms with E-state index < -0.39 is 0 Å². The Bertz CT molecular complexity index is 487. The molecule has 1 aromatic carbocycles. The molecule has 1 aromatic heterocycles. The number of aryl methyl sites for hydroxylation is 1. The van der Waals surface area contributed by atoms with Gasteiger partial charge in [0.05, 0.1) is 0 Å². The summed E-state index contributed by atoms with van der Waals surface area (Å²) in [6.45, 7) is 2.64. The predicted molar refractivity (Wildman–Crippen MR) is 65.3 cm³/mol. The minimum atomic E-state index is 0.118. The number of fused-ring (bicyclic) bond motifs is 1. The van der Waals surface area contributed by atoms with Gasteiger partial charge in [-0.25, -0.2) is 0 Å². The van der Waals surface area contributed by atoms with Crippen LogP contribution in [0.3, 0.4) is 0 Å². The molecule has 0 radical (unpaired) electrons. The lowest BCUT2D eigenvalue weighted by atomic mass is 10.1. The number of amides is 1. The van der Waals surface area contributed by atoms with Crippen molar-refractivity contribution >= 4 is 16.8 Å². The molecule has 16 heavy (non-hydrogen) atoms. The van der Waals surface area contributed by atoms with E-state index in [0.717, 1.165) is 11.9 Å². The summed E-state index contributed by atoms with van der Waals surface area (Å²) >= 11 is 0.